The number of nitrogens with zero attached hydrogens (tertiary/aromatic N) is 3. The molecule has 2 N–H and O–H groups in total. The Morgan fingerprint density at radius 1 is 0.917 bits per heavy atom. The summed E-state index contributed by atoms with van der Waals surface area (Å²) in [6, 6.07) is 3.09. The number of hydrogen-bond acceptors (Lipinski definition) is 6. The van der Waals surface area contributed by atoms with Gasteiger partial charge in [-0.2, -0.15) is 5.26 Å². The minimum Gasteiger partial charge on any atom is -0.347 e. The lowest BCUT2D eigenvalue weighted by molar-refractivity contribution is 0.215. The van der Waals surface area contributed by atoms with Crippen LogP contribution in [0.15, 0.2) is 0 Å². The van der Waals surface area contributed by atoms with E-state index in [2.05, 4.69) is 0 Å². The van der Waals surface area contributed by atoms with Crippen LogP contribution in [-0.2, 0) is 4.52 Å². The van der Waals surface area contributed by atoms with Crippen LogP contribution in [0.3, 0.4) is 0 Å². The van der Waals surface area contributed by atoms with Gasteiger partial charge >= 0.3 is 0 Å². The molecule has 0 fully saturated rings. The van der Waals surface area contributed by atoms with Crippen molar-refractivity contribution >= 4 is 27.4 Å². The molecule has 0 aliphatic carbocycles. The quantitative estimate of drug-likeness (QED) is 0.426. The molecule has 0 heterocycles. The van der Waals surface area contributed by atoms with Crippen LogP contribution in [0.5, 0.6) is 0 Å². The van der Waals surface area contributed by atoms with Crippen LogP contribution in [-0.4, -0.2) is 49.9 Å². The van der Waals surface area contributed by atoms with E-state index in [-0.39, 0.29) is 12.1 Å². The van der Waals surface area contributed by atoms with E-state index in [9.17, 15) is 4.89 Å². The average molecular weight is 402 g/mol. The summed E-state index contributed by atoms with van der Waals surface area (Å²) in [4.78, 5) is 18.8. The van der Waals surface area contributed by atoms with Crippen molar-refractivity contribution in [2.24, 2.45) is 0 Å². The zero-order chi connectivity index (χ0) is 19.4. The molecule has 0 aliphatic rings. The third-order valence-electron chi connectivity index (χ3n) is 2.93. The molecule has 0 aromatic carbocycles. The molecule has 2 atom stereocenters. The highest BCUT2D eigenvalue weighted by molar-refractivity contribution is 7.77. The molecule has 0 saturated carbocycles. The molecule has 0 rings (SSSR count). The second kappa shape index (κ2) is 14.6. The molecule has 144 valence electrons. The van der Waals surface area contributed by atoms with Crippen LogP contribution in [0.2, 0.25) is 0 Å². The summed E-state index contributed by atoms with van der Waals surface area (Å²) in [6.45, 7) is 16.4. The highest BCUT2D eigenvalue weighted by Gasteiger charge is 2.23. The van der Waals surface area contributed by atoms with Gasteiger partial charge in [0.15, 0.2) is 0 Å². The highest BCUT2D eigenvalue weighted by atomic mass is 35.7. The predicted octanol–water partition coefficient (Wildman–Crippen LogP) is 4.82. The number of halogens is 1. The maximum absolute atomic E-state index is 9.74. The van der Waals surface area contributed by atoms with E-state index in [4.69, 9.17) is 25.9 Å². The molecule has 0 bridgehead atoms. The first kappa shape index (κ1) is 26.7. The zero-order valence-electron chi connectivity index (χ0n) is 16.1. The molecule has 0 aliphatic heterocycles. The Morgan fingerprint density at radius 3 is 1.50 bits per heavy atom. The van der Waals surface area contributed by atoms with Crippen LogP contribution in [0, 0.1) is 11.3 Å². The van der Waals surface area contributed by atoms with Crippen molar-refractivity contribution in [2.75, 3.05) is 6.61 Å². The third kappa shape index (κ3) is 11.9. The van der Waals surface area contributed by atoms with Crippen molar-refractivity contribution in [3.63, 3.8) is 0 Å². The topological polar surface area (TPSA) is 80.0 Å². The van der Waals surface area contributed by atoms with E-state index in [0.717, 1.165) is 0 Å². The molecule has 0 aromatic rings. The molecule has 2 unspecified atom stereocenters. The molecule has 0 amide bonds. The number of hydrogen-bond donors (Lipinski definition) is 2. The van der Waals surface area contributed by atoms with Crippen LogP contribution in [0.4, 0.5) is 0 Å². The standard InChI is InChI=1S/C9H19N2O2P.C6H15ClNOP/c1-8(2)11(9(3)4)14(12)13-7-5-6-10;1-5(2)8(6(3)4)10(7)9/h8-9,12H,5,7H2,1-4H3;5-6,9H,1-4H3. The van der Waals surface area contributed by atoms with Gasteiger partial charge in [-0.15, -0.1) is 0 Å². The molecule has 24 heavy (non-hydrogen) atoms. The fourth-order valence-corrected chi connectivity index (χ4v) is 5.20. The monoisotopic (exact) mass is 401 g/mol. The first-order valence-corrected chi connectivity index (χ1v) is 11.5. The van der Waals surface area contributed by atoms with Gasteiger partial charge in [0.1, 0.15) is 0 Å². The van der Waals surface area contributed by atoms with Crippen molar-refractivity contribution in [3.05, 3.63) is 0 Å². The van der Waals surface area contributed by atoms with Gasteiger partial charge in [-0.05, 0) is 66.6 Å². The summed E-state index contributed by atoms with van der Waals surface area (Å²) in [5.74, 6) is 0. The lowest BCUT2D eigenvalue weighted by atomic mass is 10.3. The summed E-state index contributed by atoms with van der Waals surface area (Å²) in [6.07, 6.45) is 0.323. The molecule has 6 nitrogen and oxygen atoms in total. The predicted molar refractivity (Wildman–Crippen MR) is 105 cm³/mol. The molecule has 0 aromatic heterocycles. The van der Waals surface area contributed by atoms with E-state index in [1.54, 1.807) is 0 Å². The van der Waals surface area contributed by atoms with Crippen LogP contribution in [0.1, 0.15) is 61.8 Å². The van der Waals surface area contributed by atoms with Crippen molar-refractivity contribution in [3.8, 4) is 6.07 Å². The maximum atomic E-state index is 9.74. The van der Waals surface area contributed by atoms with Crippen molar-refractivity contribution in [1.82, 2.24) is 9.34 Å². The fourth-order valence-electron chi connectivity index (χ4n) is 2.21. The molecular weight excluding hydrogens is 368 g/mol. The second-order valence-electron chi connectivity index (χ2n) is 6.37. The van der Waals surface area contributed by atoms with E-state index < -0.39 is 16.2 Å². The van der Waals surface area contributed by atoms with E-state index in [1.165, 1.54) is 0 Å². The second-order valence-corrected chi connectivity index (χ2v) is 9.45. The lowest BCUT2D eigenvalue weighted by Gasteiger charge is -2.32. The third-order valence-corrected chi connectivity index (χ3v) is 6.49. The normalized spacial score (nSPS) is 14.3. The van der Waals surface area contributed by atoms with E-state index >= 15 is 0 Å². The number of nitriles is 1. The Kier molecular flexibility index (Phi) is 16.2. The summed E-state index contributed by atoms with van der Waals surface area (Å²) in [5.41, 5.74) is 0. The first-order chi connectivity index (χ1) is 11.0. The van der Waals surface area contributed by atoms with Crippen molar-refractivity contribution in [1.29, 1.82) is 5.26 Å². The minimum atomic E-state index is -1.55. The van der Waals surface area contributed by atoms with Crippen LogP contribution in [0.25, 0.3) is 0 Å². The Hall–Kier alpha value is 0.440. The molecule has 0 saturated heterocycles. The summed E-state index contributed by atoms with van der Waals surface area (Å²) in [5, 5.41) is 8.32. The number of rotatable bonds is 9. The van der Waals surface area contributed by atoms with Gasteiger partial charge in [-0.1, -0.05) is 0 Å². The largest absolute Gasteiger partial charge is 0.347 e. The highest BCUT2D eigenvalue weighted by Crippen LogP contribution is 2.43. The van der Waals surface area contributed by atoms with E-state index in [0.29, 0.717) is 25.1 Å². The molecule has 0 spiro atoms. The van der Waals surface area contributed by atoms with Crippen molar-refractivity contribution < 1.29 is 14.3 Å². The molecule has 0 radical (unpaired) electrons. The van der Waals surface area contributed by atoms with Crippen LogP contribution < -0.4 is 0 Å². The maximum Gasteiger partial charge on any atom is 0.256 e. The van der Waals surface area contributed by atoms with E-state index in [1.807, 2.05) is 70.8 Å². The van der Waals surface area contributed by atoms with Gasteiger partial charge in [0.05, 0.1) is 19.1 Å². The molecule has 9 heteroatoms. The zero-order valence-corrected chi connectivity index (χ0v) is 18.7. The average Bonchev–Trinajstić information content (AvgIpc) is 2.36. The Morgan fingerprint density at radius 2 is 1.29 bits per heavy atom. The van der Waals surface area contributed by atoms with Crippen molar-refractivity contribution in [2.45, 2.75) is 86.0 Å². The van der Waals surface area contributed by atoms with Gasteiger partial charge in [0, 0.05) is 24.2 Å². The van der Waals surface area contributed by atoms with Gasteiger partial charge in [0.2, 0.25) is 7.65 Å². The Balaban J connectivity index is 0. The Bertz CT molecular complexity index is 326. The SMILES string of the molecule is CC(C)N(C(C)C)P(O)Cl.CC(C)N(C(C)C)P(O)OCCC#N. The van der Waals surface area contributed by atoms with Crippen LogP contribution >= 0.6 is 27.4 Å². The smallest absolute Gasteiger partial charge is 0.256 e. The lowest BCUT2D eigenvalue weighted by Crippen LogP contribution is -2.32. The van der Waals surface area contributed by atoms with Gasteiger partial charge in [-0.3, -0.25) is 0 Å². The van der Waals surface area contributed by atoms with Gasteiger partial charge < -0.3 is 14.3 Å². The molecular formula is C15H34ClN3O3P2. The fraction of sp³-hybridized carbons (Fsp3) is 0.933. The first-order valence-electron chi connectivity index (χ1n) is 8.17. The van der Waals surface area contributed by atoms with Gasteiger partial charge in [-0.25, -0.2) is 9.34 Å². The summed E-state index contributed by atoms with van der Waals surface area (Å²) in [7, 11) is -2.99. The summed E-state index contributed by atoms with van der Waals surface area (Å²) >= 11 is 5.58. The Labute approximate surface area is 155 Å². The minimum absolute atomic E-state index is 0.244. The van der Waals surface area contributed by atoms with Gasteiger partial charge in [0.25, 0.3) is 8.53 Å². The summed E-state index contributed by atoms with van der Waals surface area (Å²) < 4.78 is 8.99.